The molecule has 0 spiro atoms. The minimum absolute atomic E-state index is 0.112. The molecule has 0 N–H and O–H groups in total. The van der Waals surface area contributed by atoms with Crippen LogP contribution in [0, 0.1) is 11.8 Å². The molecule has 31 heavy (non-hydrogen) atoms. The minimum Gasteiger partial charge on any atom is -0.350 e. The highest BCUT2D eigenvalue weighted by molar-refractivity contribution is 7.89. The van der Waals surface area contributed by atoms with E-state index in [1.165, 1.54) is 4.31 Å². The smallest absolute Gasteiger partial charge is 0.243 e. The van der Waals surface area contributed by atoms with Crippen molar-refractivity contribution in [1.82, 2.24) is 9.21 Å². The zero-order valence-corrected chi connectivity index (χ0v) is 19.4. The van der Waals surface area contributed by atoms with Gasteiger partial charge in [-0.15, -0.1) is 0 Å². The SMILES string of the molecule is CC(C)c1ccc(S(=O)(=O)N2CCC(C(=O)N3CCCC(C4OCCO4)C3)CC2)cc1. The van der Waals surface area contributed by atoms with Gasteiger partial charge in [-0.2, -0.15) is 4.31 Å². The molecule has 0 aromatic heterocycles. The van der Waals surface area contributed by atoms with Crippen molar-refractivity contribution in [3.05, 3.63) is 29.8 Å². The van der Waals surface area contributed by atoms with Crippen LogP contribution in [0.3, 0.4) is 0 Å². The normalized spacial score (nSPS) is 24.7. The van der Waals surface area contributed by atoms with E-state index in [1.54, 1.807) is 12.1 Å². The Morgan fingerprint density at radius 3 is 2.26 bits per heavy atom. The predicted molar refractivity (Wildman–Crippen MR) is 117 cm³/mol. The molecule has 8 heteroatoms. The topological polar surface area (TPSA) is 76.2 Å². The Balaban J connectivity index is 1.33. The number of hydrogen-bond donors (Lipinski definition) is 0. The Morgan fingerprint density at radius 2 is 1.65 bits per heavy atom. The predicted octanol–water partition coefficient (Wildman–Crippen LogP) is 2.82. The summed E-state index contributed by atoms with van der Waals surface area (Å²) in [6.45, 7) is 7.64. The molecule has 3 aliphatic rings. The molecule has 1 aromatic rings. The van der Waals surface area contributed by atoms with E-state index in [0.29, 0.717) is 56.5 Å². The first-order valence-corrected chi connectivity index (χ1v) is 12.9. The van der Waals surface area contributed by atoms with Crippen molar-refractivity contribution in [3.63, 3.8) is 0 Å². The van der Waals surface area contributed by atoms with Gasteiger partial charge in [0.1, 0.15) is 0 Å². The molecule has 1 unspecified atom stereocenters. The number of likely N-dealkylation sites (tertiary alicyclic amines) is 1. The molecule has 1 amide bonds. The summed E-state index contributed by atoms with van der Waals surface area (Å²) in [7, 11) is -3.52. The second-order valence-corrected chi connectivity index (χ2v) is 11.1. The van der Waals surface area contributed by atoms with Gasteiger partial charge in [0.05, 0.1) is 18.1 Å². The number of rotatable bonds is 5. The molecule has 0 bridgehead atoms. The minimum atomic E-state index is -3.52. The summed E-state index contributed by atoms with van der Waals surface area (Å²) in [4.78, 5) is 15.4. The van der Waals surface area contributed by atoms with E-state index in [1.807, 2.05) is 17.0 Å². The second kappa shape index (κ2) is 9.57. The molecule has 0 aliphatic carbocycles. The van der Waals surface area contributed by atoms with Crippen molar-refractivity contribution >= 4 is 15.9 Å². The fraction of sp³-hybridized carbons (Fsp3) is 0.696. The van der Waals surface area contributed by atoms with Crippen LogP contribution >= 0.6 is 0 Å². The highest BCUT2D eigenvalue weighted by Gasteiger charge is 2.37. The maximum atomic E-state index is 13.1. The molecule has 0 radical (unpaired) electrons. The summed E-state index contributed by atoms with van der Waals surface area (Å²) in [5, 5.41) is 0. The summed E-state index contributed by atoms with van der Waals surface area (Å²) < 4.78 is 38.9. The van der Waals surface area contributed by atoms with E-state index < -0.39 is 10.0 Å². The Bertz CT molecular complexity index is 856. The van der Waals surface area contributed by atoms with Crippen LogP contribution in [0.25, 0.3) is 0 Å². The summed E-state index contributed by atoms with van der Waals surface area (Å²) in [6.07, 6.45) is 2.92. The van der Waals surface area contributed by atoms with Gasteiger partial charge in [0.25, 0.3) is 0 Å². The van der Waals surface area contributed by atoms with Crippen LogP contribution in [0.2, 0.25) is 0 Å². The van der Waals surface area contributed by atoms with E-state index in [4.69, 9.17) is 9.47 Å². The number of amides is 1. The van der Waals surface area contributed by atoms with Gasteiger partial charge in [-0.1, -0.05) is 26.0 Å². The first kappa shape index (κ1) is 22.7. The Kier molecular flexibility index (Phi) is 7.01. The quantitative estimate of drug-likeness (QED) is 0.690. The number of carbonyl (C=O) groups is 1. The number of nitrogens with zero attached hydrogens (tertiary/aromatic N) is 2. The van der Waals surface area contributed by atoms with Gasteiger partial charge < -0.3 is 14.4 Å². The monoisotopic (exact) mass is 450 g/mol. The molecule has 3 saturated heterocycles. The zero-order valence-electron chi connectivity index (χ0n) is 18.5. The molecule has 172 valence electrons. The van der Waals surface area contributed by atoms with Crippen molar-refractivity contribution in [2.24, 2.45) is 11.8 Å². The molecule has 3 fully saturated rings. The van der Waals surface area contributed by atoms with Crippen LogP contribution in [0.5, 0.6) is 0 Å². The third-order valence-electron chi connectivity index (χ3n) is 6.79. The molecule has 4 rings (SSSR count). The fourth-order valence-corrected chi connectivity index (χ4v) is 6.33. The van der Waals surface area contributed by atoms with Crippen LogP contribution in [0.4, 0.5) is 0 Å². The number of hydrogen-bond acceptors (Lipinski definition) is 5. The van der Waals surface area contributed by atoms with Crippen molar-refractivity contribution in [2.45, 2.75) is 56.6 Å². The van der Waals surface area contributed by atoms with Gasteiger partial charge >= 0.3 is 0 Å². The highest BCUT2D eigenvalue weighted by atomic mass is 32.2. The number of piperidine rings is 2. The molecular weight excluding hydrogens is 416 g/mol. The van der Waals surface area contributed by atoms with Crippen molar-refractivity contribution < 1.29 is 22.7 Å². The first-order chi connectivity index (χ1) is 14.9. The summed E-state index contributed by atoms with van der Waals surface area (Å²) in [6, 6.07) is 7.17. The number of sulfonamides is 1. The molecule has 0 saturated carbocycles. The first-order valence-electron chi connectivity index (χ1n) is 11.5. The standard InChI is InChI=1S/C23H34N2O5S/c1-17(2)18-5-7-21(8-6-18)31(27,28)25-12-9-19(10-13-25)22(26)24-11-3-4-20(16-24)23-29-14-15-30-23/h5-8,17,19-20,23H,3-4,9-16H2,1-2H3. The lowest BCUT2D eigenvalue weighted by Crippen LogP contribution is -2.48. The lowest BCUT2D eigenvalue weighted by atomic mass is 9.92. The van der Waals surface area contributed by atoms with Crippen LogP contribution in [0.1, 0.15) is 51.0 Å². The van der Waals surface area contributed by atoms with Gasteiger partial charge in [-0.3, -0.25) is 4.79 Å². The fourth-order valence-electron chi connectivity index (χ4n) is 4.86. The third kappa shape index (κ3) is 4.97. The summed E-state index contributed by atoms with van der Waals surface area (Å²) in [5.74, 6) is 0.633. The lowest BCUT2D eigenvalue weighted by Gasteiger charge is -2.38. The number of ether oxygens (including phenoxy) is 2. The molecule has 7 nitrogen and oxygen atoms in total. The lowest BCUT2D eigenvalue weighted by molar-refractivity contribution is -0.144. The Morgan fingerprint density at radius 1 is 1.00 bits per heavy atom. The van der Waals surface area contributed by atoms with Gasteiger partial charge in [0.2, 0.25) is 15.9 Å². The average molecular weight is 451 g/mol. The van der Waals surface area contributed by atoms with Gasteiger partial charge in [0.15, 0.2) is 6.29 Å². The van der Waals surface area contributed by atoms with Crippen molar-refractivity contribution in [3.8, 4) is 0 Å². The molecule has 3 aliphatic heterocycles. The second-order valence-electron chi connectivity index (χ2n) is 9.20. The van der Waals surface area contributed by atoms with E-state index in [9.17, 15) is 13.2 Å². The third-order valence-corrected chi connectivity index (χ3v) is 8.70. The molecular formula is C23H34N2O5S. The molecule has 1 aromatic carbocycles. The number of benzene rings is 1. The largest absolute Gasteiger partial charge is 0.350 e. The van der Waals surface area contributed by atoms with Crippen molar-refractivity contribution in [1.29, 1.82) is 0 Å². The molecule has 1 atom stereocenters. The maximum Gasteiger partial charge on any atom is 0.243 e. The number of carbonyl (C=O) groups excluding carboxylic acids is 1. The van der Waals surface area contributed by atoms with Crippen LogP contribution in [0.15, 0.2) is 29.2 Å². The zero-order chi connectivity index (χ0) is 22.0. The Hall–Kier alpha value is -1.48. The van der Waals surface area contributed by atoms with Gasteiger partial charge in [-0.25, -0.2) is 8.42 Å². The van der Waals surface area contributed by atoms with Crippen molar-refractivity contribution in [2.75, 3.05) is 39.4 Å². The van der Waals surface area contributed by atoms with Crippen LogP contribution in [-0.2, 0) is 24.3 Å². The van der Waals surface area contributed by atoms with Crippen LogP contribution < -0.4 is 0 Å². The van der Waals surface area contributed by atoms with E-state index in [0.717, 1.165) is 24.9 Å². The van der Waals surface area contributed by atoms with Gasteiger partial charge in [-0.05, 0) is 49.3 Å². The van der Waals surface area contributed by atoms with Gasteiger partial charge in [0, 0.05) is 38.0 Å². The highest BCUT2D eigenvalue weighted by Crippen LogP contribution is 2.29. The van der Waals surface area contributed by atoms with Crippen LogP contribution in [-0.4, -0.2) is 69.2 Å². The van der Waals surface area contributed by atoms with E-state index in [2.05, 4.69) is 13.8 Å². The van der Waals surface area contributed by atoms with E-state index in [-0.39, 0.29) is 24.0 Å². The summed E-state index contributed by atoms with van der Waals surface area (Å²) >= 11 is 0. The van der Waals surface area contributed by atoms with E-state index >= 15 is 0 Å². The Labute approximate surface area is 185 Å². The molecule has 3 heterocycles. The summed E-state index contributed by atoms with van der Waals surface area (Å²) in [5.41, 5.74) is 1.12. The maximum absolute atomic E-state index is 13.1. The average Bonchev–Trinajstić information content (AvgIpc) is 3.34.